The normalized spacial score (nSPS) is 27.1. The fraction of sp³-hybridized carbons (Fsp3) is 0.516. The molecule has 5 fully saturated rings. The minimum absolute atomic E-state index is 0.0300. The van der Waals surface area contributed by atoms with E-state index in [9.17, 15) is 1.37 Å². The van der Waals surface area contributed by atoms with Crippen molar-refractivity contribution in [2.24, 2.45) is 56.7 Å². The molecule has 0 spiro atoms. The predicted octanol–water partition coefficient (Wildman–Crippen LogP) is 32.7. The van der Waals surface area contributed by atoms with Crippen LogP contribution in [0.25, 0.3) is 0 Å². The summed E-state index contributed by atoms with van der Waals surface area (Å²) in [5.41, 5.74) is 29.4. The Hall–Kier alpha value is -10.1. The second-order valence-corrected chi connectivity index (χ2v) is 48.9. The topological polar surface area (TPSA) is 32.4 Å². The van der Waals surface area contributed by atoms with Crippen molar-refractivity contribution in [2.75, 3.05) is 31.0 Å². The van der Waals surface area contributed by atoms with Crippen LogP contribution in [0.2, 0.25) is 0 Å². The average Bonchev–Trinajstić information content (AvgIpc) is 1.54. The molecule has 7 aromatic rings. The quantitative estimate of drug-likeness (QED) is 0.118. The Morgan fingerprint density at radius 3 is 0.913 bits per heavy atom. The number of aryl methyl sites for hydroxylation is 5. The number of para-hydroxylation sites is 5. The molecule has 10 nitrogen and oxygen atoms in total. The van der Waals surface area contributed by atoms with Crippen molar-refractivity contribution >= 4 is 28.4 Å². The van der Waals surface area contributed by atoms with Crippen LogP contribution in [0.5, 0.6) is 0 Å². The highest BCUT2D eigenvalue weighted by atomic mass is 15.5. The van der Waals surface area contributed by atoms with Gasteiger partial charge in [0.05, 0.1) is 55.2 Å². The third-order valence-electron chi connectivity index (χ3n) is 34.5. The standard InChI is InChI=1S/C30H38N2.C29H36N2.C28H40N2.C23H32N2.C18H24N2/c1-22-14-12-13-19-26(22)31-23(2)27-20-21-30(24-15-8-6-9-16-24,25-17-10-7-11-18-25)32(27)28(31)29(3,4)5;1-21-13-9-12-18-25(21)30-22(2)26-19-20-29(24-16-10-11-17-24,23-14-7-6-8-15-23)31(26)27(30)28(3,4)5;1-20-12-6-11-17-24(20)29-21(2)25-18-19-28(22-13-7-8-14-22,23-15-9-10-16-23)30(25)26(29)27(3,4)5;1-16-10-6-9-13-19(16)24-17(2)20-14-15-21(18-11-7-8-12-18)25(20)22(24)23(3,4)5;1-13-9-6-7-10-15(13)20-14(2)16-11-8-12-19(16)17(20)18(3,4)5/h6,8-9,12-16,19-21,25,28H,7,10-11,17-18H2,1-5H3;6-9,12-15,18-20,24,27H,10-11,16-17H2,1-5H3;6,11-12,17-19,22-23,26H,7-10,13-16H2,1-5H3;6,9-10,13-15,18,21-22H,7-8,11-12H2,1-5H3;6-11,17H,12H2,1-5H3/i;;;21D;12D2. The maximum Gasteiger partial charge on any atom is 0.112 e. The number of allylic oxidation sites excluding steroid dienone is 10. The predicted molar refractivity (Wildman–Crippen MR) is 585 cm³/mol. The van der Waals surface area contributed by atoms with Gasteiger partial charge in [-0.05, 0) is 263 Å². The summed E-state index contributed by atoms with van der Waals surface area (Å²) in [5.74, 6) is 3.35. The van der Waals surface area contributed by atoms with Crippen molar-refractivity contribution in [3.63, 3.8) is 0 Å². The van der Waals surface area contributed by atoms with E-state index in [0.717, 1.165) is 28.9 Å². The Balaban J connectivity index is 0.000000117. The highest BCUT2D eigenvalue weighted by molar-refractivity contribution is 5.70. The summed E-state index contributed by atoms with van der Waals surface area (Å²) >= 11 is 0. The maximum absolute atomic E-state index is 9.49. The van der Waals surface area contributed by atoms with Gasteiger partial charge in [-0.2, -0.15) is 0 Å². The Labute approximate surface area is 839 Å². The van der Waals surface area contributed by atoms with Crippen LogP contribution >= 0.6 is 0 Å². The lowest BCUT2D eigenvalue weighted by Gasteiger charge is -2.54. The van der Waals surface area contributed by atoms with Gasteiger partial charge in [0.2, 0.25) is 0 Å². The summed E-state index contributed by atoms with van der Waals surface area (Å²) < 4.78 is 26.2. The van der Waals surface area contributed by atoms with Crippen molar-refractivity contribution in [1.29, 1.82) is 0 Å². The zero-order valence-electron chi connectivity index (χ0n) is 92.2. The number of nitrogens with zero attached hydrogens (tertiary/aromatic N) is 10. The minimum Gasteiger partial charge on any atom is -0.345 e. The highest BCUT2D eigenvalue weighted by Crippen LogP contribution is 2.64. The molecule has 5 aliphatic carbocycles. The molecular weight excluding hydrogens is 1680 g/mol. The first-order valence-corrected chi connectivity index (χ1v) is 53.8. The van der Waals surface area contributed by atoms with E-state index in [1.165, 1.54) is 242 Å². The SMILES string of the molecule is CC1=C2C=CC(C3CCCC3)(C3CCCC3)N2C(C(C)(C)C)N1c1ccccc1C.CC1=C2C=CC(c3ccccc3)(C3CCCC3)N2C(C(C)(C)C)N1c1ccccc1C.CC1=C2C=CC(c3ccccc3)(C3CCCCC3)N2C(C(C)(C)C)N1c1ccccc1C.[2H]C1(C2CCCC2)C=CC2=C(C)N(c3ccccc3C)C(C(C)(C)C)N21.[2H]C1([2H])C=CC2=C(C)N(c3ccccc3C)C(C(C)(C)C)N21. The Morgan fingerprint density at radius 2 is 0.558 bits per heavy atom. The van der Waals surface area contributed by atoms with Crippen molar-refractivity contribution in [1.82, 2.24) is 24.5 Å². The van der Waals surface area contributed by atoms with Crippen LogP contribution in [-0.4, -0.2) is 73.4 Å². The third kappa shape index (κ3) is 17.2. The van der Waals surface area contributed by atoms with E-state index in [4.69, 9.17) is 2.74 Å². The molecule has 138 heavy (non-hydrogen) atoms. The molecule has 7 aromatic carbocycles. The monoisotopic (exact) mass is 1850 g/mol. The zero-order valence-corrected chi connectivity index (χ0v) is 89.2. The molecule has 10 aliphatic heterocycles. The van der Waals surface area contributed by atoms with Crippen LogP contribution in [0, 0.1) is 91.3 Å². The van der Waals surface area contributed by atoms with Crippen LogP contribution in [0.15, 0.2) is 300 Å². The molecule has 0 amide bonds. The van der Waals surface area contributed by atoms with E-state index >= 15 is 0 Å². The second kappa shape index (κ2) is 38.4. The molecule has 10 heteroatoms. The first-order valence-electron chi connectivity index (χ1n) is 55.3. The van der Waals surface area contributed by atoms with Gasteiger partial charge in [0.25, 0.3) is 0 Å². The lowest BCUT2D eigenvalue weighted by atomic mass is 9.69. The molecule has 0 radical (unpaired) electrons. The molecule has 0 saturated heterocycles. The number of benzene rings is 7. The van der Waals surface area contributed by atoms with Crippen LogP contribution in [0.1, 0.15) is 316 Å². The van der Waals surface area contributed by atoms with E-state index in [2.05, 4.69) is 436 Å². The van der Waals surface area contributed by atoms with Crippen LogP contribution in [0.4, 0.5) is 28.4 Å². The van der Waals surface area contributed by atoms with Crippen molar-refractivity contribution in [3.05, 3.63) is 339 Å². The van der Waals surface area contributed by atoms with Crippen LogP contribution in [-0.2, 0) is 11.1 Å². The molecule has 0 aromatic heterocycles. The molecule has 8 unspecified atom stereocenters. The summed E-state index contributed by atoms with van der Waals surface area (Å²) in [6.45, 7) is 56.2. The summed E-state index contributed by atoms with van der Waals surface area (Å²) in [6.07, 6.45) is 52.4. The summed E-state index contributed by atoms with van der Waals surface area (Å²) in [7, 11) is 0. The second-order valence-electron chi connectivity index (χ2n) is 48.9. The lowest BCUT2D eigenvalue weighted by molar-refractivity contribution is 0.00611. The summed E-state index contributed by atoms with van der Waals surface area (Å²) in [5, 5.41) is 0. The number of hydrogen-bond donors (Lipinski definition) is 0. The lowest BCUT2D eigenvalue weighted by Crippen LogP contribution is -2.61. The van der Waals surface area contributed by atoms with Crippen molar-refractivity contribution in [3.8, 4) is 0 Å². The first kappa shape index (κ1) is 94.2. The fourth-order valence-electron chi connectivity index (χ4n) is 28.5. The van der Waals surface area contributed by atoms with Gasteiger partial charge in [-0.15, -0.1) is 0 Å². The summed E-state index contributed by atoms with van der Waals surface area (Å²) in [6, 6.07) is 65.8. The average molecular weight is 1850 g/mol. The zero-order chi connectivity index (χ0) is 100. The molecule has 0 N–H and O–H groups in total. The van der Waals surface area contributed by atoms with E-state index in [-0.39, 0.29) is 68.4 Å². The van der Waals surface area contributed by atoms with Gasteiger partial charge < -0.3 is 49.0 Å². The molecule has 8 atom stereocenters. The number of fused-ring (bicyclic) bond motifs is 5. The number of rotatable bonds is 12. The largest absolute Gasteiger partial charge is 0.345 e. The van der Waals surface area contributed by atoms with Gasteiger partial charge in [-0.25, -0.2) is 0 Å². The van der Waals surface area contributed by atoms with Gasteiger partial charge in [0.1, 0.15) is 30.8 Å². The fourth-order valence-corrected chi connectivity index (χ4v) is 28.5. The molecule has 10 heterocycles. The van der Waals surface area contributed by atoms with Gasteiger partial charge >= 0.3 is 0 Å². The van der Waals surface area contributed by atoms with E-state index in [1.54, 1.807) is 6.08 Å². The Bertz CT molecular complexity index is 6030. The van der Waals surface area contributed by atoms with Crippen molar-refractivity contribution in [2.45, 2.75) is 361 Å². The molecule has 0 bridgehead atoms. The number of hydrogen-bond acceptors (Lipinski definition) is 10. The Morgan fingerprint density at radius 1 is 0.275 bits per heavy atom. The molecule has 5 saturated carbocycles. The summed E-state index contributed by atoms with van der Waals surface area (Å²) in [4.78, 5) is 25.7. The van der Waals surface area contributed by atoms with Crippen LogP contribution < -0.4 is 24.5 Å². The smallest absolute Gasteiger partial charge is 0.112 e. The highest BCUT2D eigenvalue weighted by Gasteiger charge is 2.63. The van der Waals surface area contributed by atoms with Gasteiger partial charge in [-0.3, -0.25) is 0 Å². The van der Waals surface area contributed by atoms with Gasteiger partial charge in [0, 0.05) is 90.5 Å². The molecular formula is C128H170N10. The Kier molecular flexibility index (Phi) is 26.2. The van der Waals surface area contributed by atoms with Crippen LogP contribution in [0.3, 0.4) is 0 Å². The third-order valence-corrected chi connectivity index (χ3v) is 34.5. The maximum atomic E-state index is 9.49. The molecule has 22 rings (SSSR count). The minimum atomic E-state index is -1.44. The van der Waals surface area contributed by atoms with E-state index in [0.29, 0.717) is 23.9 Å². The molecule has 15 aliphatic rings. The van der Waals surface area contributed by atoms with E-state index in [1.807, 2.05) is 23.1 Å². The van der Waals surface area contributed by atoms with Gasteiger partial charge in [-0.1, -0.05) is 357 Å². The number of anilines is 5. The van der Waals surface area contributed by atoms with Gasteiger partial charge in [0.15, 0.2) is 0 Å². The van der Waals surface area contributed by atoms with E-state index < -0.39 is 12.5 Å². The van der Waals surface area contributed by atoms with Crippen molar-refractivity contribution < 1.29 is 4.11 Å². The first-order chi connectivity index (χ1) is 67.0. The molecule has 732 valence electrons.